The lowest BCUT2D eigenvalue weighted by molar-refractivity contribution is -0.223. The molecule has 0 aromatic rings. The van der Waals surface area contributed by atoms with Crippen LogP contribution in [-0.2, 0) is 14.3 Å². The predicted molar refractivity (Wildman–Crippen MR) is 117 cm³/mol. The minimum absolute atomic E-state index is 0.130. The number of carboxylic acid groups (broad SMARTS) is 1. The second-order valence-corrected chi connectivity index (χ2v) is 10.6. The van der Waals surface area contributed by atoms with Gasteiger partial charge in [-0.25, -0.2) is 4.79 Å². The number of aliphatic hydroxyl groups is 2. The average Bonchev–Trinajstić information content (AvgIpc) is 2.95. The molecule has 0 saturated heterocycles. The Hall–Kier alpha value is -1.92. The molecular weight excluding hydrogens is 396 g/mol. The number of allylic oxidation sites excluding steroid dienone is 4. The lowest BCUT2D eigenvalue weighted by Crippen LogP contribution is -2.64. The molecule has 172 valence electrons. The Balaban J connectivity index is 1.83. The zero-order valence-electron chi connectivity index (χ0n) is 19.3. The number of aliphatic hydroxyl groups excluding tert-OH is 1. The summed E-state index contributed by atoms with van der Waals surface area (Å²) < 4.78 is 5.16. The van der Waals surface area contributed by atoms with Crippen LogP contribution in [0.4, 0.5) is 0 Å². The van der Waals surface area contributed by atoms with Gasteiger partial charge in [-0.15, -0.1) is 0 Å². The van der Waals surface area contributed by atoms with Crippen molar-refractivity contribution in [2.24, 2.45) is 22.7 Å². The Morgan fingerprint density at radius 3 is 2.55 bits per heavy atom. The van der Waals surface area contributed by atoms with Crippen LogP contribution in [-0.4, -0.2) is 39.0 Å². The predicted octanol–water partition coefficient (Wildman–Crippen LogP) is 4.13. The van der Waals surface area contributed by atoms with Crippen molar-refractivity contribution in [1.29, 1.82) is 0 Å². The van der Waals surface area contributed by atoms with Gasteiger partial charge in [0.1, 0.15) is 5.76 Å². The molecule has 0 unspecified atom stereocenters. The van der Waals surface area contributed by atoms with Crippen molar-refractivity contribution >= 4 is 11.9 Å². The smallest absolute Gasteiger partial charge is 0.336 e. The largest absolute Gasteiger partial charge is 0.481 e. The van der Waals surface area contributed by atoms with Gasteiger partial charge in [0, 0.05) is 18.4 Å². The number of carbonyl (C=O) groups is 2. The number of ether oxygens (including phenoxy) is 1. The number of hydrogen-bond donors (Lipinski definition) is 3. The highest BCUT2D eigenvalue weighted by molar-refractivity contribution is 5.88. The van der Waals surface area contributed by atoms with Gasteiger partial charge in [-0.2, -0.15) is 0 Å². The number of hydrogen-bond acceptors (Lipinski definition) is 5. The number of esters is 1. The first-order chi connectivity index (χ1) is 14.3. The maximum atomic E-state index is 12.2. The van der Waals surface area contributed by atoms with Gasteiger partial charge < -0.3 is 20.1 Å². The molecule has 0 radical (unpaired) electrons. The molecule has 31 heavy (non-hydrogen) atoms. The lowest BCUT2D eigenvalue weighted by Gasteiger charge is -2.62. The fourth-order valence-corrected chi connectivity index (χ4v) is 6.71. The SMILES string of the molecule is CC(=CC=C1OC(=O)C=C1C)CC[C@@H]1[C@@]2(C)CCC[C@@](C)(C(=O)O)[C@@H]2[C@@H](O)C[C@@]1(C)O. The van der Waals surface area contributed by atoms with Crippen LogP contribution < -0.4 is 0 Å². The third kappa shape index (κ3) is 4.24. The number of rotatable bonds is 5. The summed E-state index contributed by atoms with van der Waals surface area (Å²) in [6, 6.07) is 0. The average molecular weight is 433 g/mol. The van der Waals surface area contributed by atoms with Gasteiger partial charge in [0.15, 0.2) is 0 Å². The molecule has 1 aliphatic heterocycles. The molecule has 6 nitrogen and oxygen atoms in total. The molecular formula is C25H36O6. The minimum Gasteiger partial charge on any atom is -0.481 e. The van der Waals surface area contributed by atoms with Gasteiger partial charge in [-0.05, 0) is 76.4 Å². The highest BCUT2D eigenvalue weighted by Crippen LogP contribution is 2.63. The Kier molecular flexibility index (Phi) is 6.29. The van der Waals surface area contributed by atoms with Crippen LogP contribution in [0.3, 0.4) is 0 Å². The monoisotopic (exact) mass is 432 g/mol. The summed E-state index contributed by atoms with van der Waals surface area (Å²) in [5, 5.41) is 32.2. The van der Waals surface area contributed by atoms with E-state index in [1.54, 1.807) is 19.9 Å². The van der Waals surface area contributed by atoms with E-state index in [0.29, 0.717) is 18.6 Å². The van der Waals surface area contributed by atoms with Gasteiger partial charge in [0.05, 0.1) is 17.1 Å². The first kappa shape index (κ1) is 23.7. The lowest BCUT2D eigenvalue weighted by atomic mass is 9.44. The van der Waals surface area contributed by atoms with Gasteiger partial charge in [-0.3, -0.25) is 4.79 Å². The summed E-state index contributed by atoms with van der Waals surface area (Å²) in [4.78, 5) is 23.5. The van der Waals surface area contributed by atoms with Gasteiger partial charge in [0.25, 0.3) is 0 Å². The van der Waals surface area contributed by atoms with E-state index < -0.39 is 34.4 Å². The van der Waals surface area contributed by atoms with Crippen LogP contribution in [0.5, 0.6) is 0 Å². The number of aliphatic carboxylic acids is 1. The van der Waals surface area contributed by atoms with E-state index >= 15 is 0 Å². The molecule has 0 spiro atoms. The number of cyclic esters (lactones) is 1. The first-order valence-electron chi connectivity index (χ1n) is 11.2. The first-order valence-corrected chi connectivity index (χ1v) is 11.2. The van der Waals surface area contributed by atoms with E-state index in [4.69, 9.17) is 4.74 Å². The third-order valence-electron chi connectivity index (χ3n) is 8.13. The summed E-state index contributed by atoms with van der Waals surface area (Å²) in [7, 11) is 0. The normalized spacial score (nSPS) is 42.2. The fourth-order valence-electron chi connectivity index (χ4n) is 6.71. The van der Waals surface area contributed by atoms with Crippen LogP contribution in [0.25, 0.3) is 0 Å². The highest BCUT2D eigenvalue weighted by atomic mass is 16.5. The van der Waals surface area contributed by atoms with Crippen LogP contribution in [0, 0.1) is 22.7 Å². The number of fused-ring (bicyclic) bond motifs is 1. The molecule has 0 aromatic heterocycles. The van der Waals surface area contributed by atoms with Crippen molar-refractivity contribution in [1.82, 2.24) is 0 Å². The Morgan fingerprint density at radius 1 is 1.29 bits per heavy atom. The second-order valence-electron chi connectivity index (χ2n) is 10.6. The van der Waals surface area contributed by atoms with E-state index in [2.05, 4.69) is 6.92 Å². The van der Waals surface area contributed by atoms with Crippen LogP contribution in [0.15, 0.2) is 35.1 Å². The van der Waals surface area contributed by atoms with E-state index in [0.717, 1.165) is 30.4 Å². The van der Waals surface area contributed by atoms with Crippen LogP contribution >= 0.6 is 0 Å². The number of carboxylic acids is 1. The van der Waals surface area contributed by atoms with Crippen molar-refractivity contribution in [2.45, 2.75) is 84.8 Å². The van der Waals surface area contributed by atoms with Gasteiger partial charge in [-0.1, -0.05) is 25.0 Å². The summed E-state index contributed by atoms with van der Waals surface area (Å²) >= 11 is 0. The molecule has 2 aliphatic carbocycles. The van der Waals surface area contributed by atoms with E-state index in [1.807, 2.05) is 19.9 Å². The Labute approximate surface area is 184 Å². The van der Waals surface area contributed by atoms with E-state index in [1.165, 1.54) is 6.08 Å². The molecule has 3 rings (SSSR count). The quantitative estimate of drug-likeness (QED) is 0.565. The minimum atomic E-state index is -1.07. The fraction of sp³-hybridized carbons (Fsp3) is 0.680. The van der Waals surface area contributed by atoms with Crippen molar-refractivity contribution < 1.29 is 29.6 Å². The topological polar surface area (TPSA) is 104 Å². The Morgan fingerprint density at radius 2 is 1.97 bits per heavy atom. The molecule has 0 amide bonds. The molecule has 0 bridgehead atoms. The van der Waals surface area contributed by atoms with Crippen molar-refractivity contribution in [2.75, 3.05) is 0 Å². The second kappa shape index (κ2) is 8.21. The molecule has 6 atom stereocenters. The van der Waals surface area contributed by atoms with Crippen LogP contribution in [0.1, 0.15) is 73.1 Å². The summed E-state index contributed by atoms with van der Waals surface area (Å²) in [6.45, 7) is 9.43. The van der Waals surface area contributed by atoms with E-state index in [-0.39, 0.29) is 18.3 Å². The van der Waals surface area contributed by atoms with Gasteiger partial charge in [0.2, 0.25) is 0 Å². The highest BCUT2D eigenvalue weighted by Gasteiger charge is 2.64. The zero-order valence-corrected chi connectivity index (χ0v) is 19.3. The molecule has 0 aromatic carbocycles. The van der Waals surface area contributed by atoms with Crippen LogP contribution in [0.2, 0.25) is 0 Å². The van der Waals surface area contributed by atoms with Gasteiger partial charge >= 0.3 is 11.9 Å². The molecule has 1 heterocycles. The number of carbonyl (C=O) groups excluding carboxylic acids is 1. The van der Waals surface area contributed by atoms with Crippen molar-refractivity contribution in [3.63, 3.8) is 0 Å². The maximum Gasteiger partial charge on any atom is 0.336 e. The molecule has 3 N–H and O–H groups in total. The summed E-state index contributed by atoms with van der Waals surface area (Å²) in [5.74, 6) is -1.19. The van der Waals surface area contributed by atoms with E-state index in [9.17, 15) is 24.9 Å². The molecule has 6 heteroatoms. The zero-order chi connectivity index (χ0) is 23.2. The Bertz CT molecular complexity index is 850. The summed E-state index contributed by atoms with van der Waals surface area (Å²) in [6.07, 6.45) is 8.07. The van der Waals surface area contributed by atoms with Crippen molar-refractivity contribution in [3.8, 4) is 0 Å². The summed E-state index contributed by atoms with van der Waals surface area (Å²) in [5.41, 5.74) is -0.649. The third-order valence-corrected chi connectivity index (χ3v) is 8.13. The molecule has 3 aliphatic rings. The maximum absolute atomic E-state index is 12.2. The van der Waals surface area contributed by atoms with Crippen molar-refractivity contribution in [3.05, 3.63) is 35.1 Å². The standard InChI is InChI=1S/C25H36O6/c1-15(7-9-18-16(2)13-20(27)31-18)8-10-19-23(3)11-6-12-24(4,22(28)29)21(23)17(26)14-25(19,5)30/h7,9,13,17,19,21,26,30H,6,8,10-12,14H2,1-5H3,(H,28,29)/t17-,19+,21+,23+,24+,25+/m0/s1. The molecule has 2 saturated carbocycles. The molecule has 2 fully saturated rings.